The minimum Gasteiger partial charge on any atom is -0.337 e. The molecule has 1 aliphatic rings. The molecule has 1 unspecified atom stereocenters. The first kappa shape index (κ1) is 20.9. The molecule has 4 nitrogen and oxygen atoms in total. The second kappa shape index (κ2) is 8.55. The number of piperidine rings is 1. The SMILES string of the molecule is Cl.Cl.NCC1CCCN(C(=O)c2ccc(C(F)(F)F)cn2)C1. The van der Waals surface area contributed by atoms with Crippen molar-refractivity contribution in [1.29, 1.82) is 0 Å². The van der Waals surface area contributed by atoms with E-state index in [2.05, 4.69) is 4.98 Å². The van der Waals surface area contributed by atoms with Gasteiger partial charge in [-0.2, -0.15) is 13.2 Å². The van der Waals surface area contributed by atoms with Gasteiger partial charge in [-0.3, -0.25) is 9.78 Å². The standard InChI is InChI=1S/C13H16F3N3O.2ClH/c14-13(15,16)10-3-4-11(18-7-10)12(20)19-5-1-2-9(6-17)8-19;;/h3-4,7,9H,1-2,5-6,8,17H2;2*1H. The number of carbonyl (C=O) groups excluding carboxylic acids is 1. The van der Waals surface area contributed by atoms with Crippen LogP contribution in [0.5, 0.6) is 0 Å². The van der Waals surface area contributed by atoms with E-state index < -0.39 is 11.7 Å². The molecule has 1 fully saturated rings. The van der Waals surface area contributed by atoms with Gasteiger partial charge in [-0.25, -0.2) is 0 Å². The number of halogens is 5. The Labute approximate surface area is 139 Å². The molecule has 0 radical (unpaired) electrons. The van der Waals surface area contributed by atoms with Gasteiger partial charge in [0.1, 0.15) is 5.69 Å². The molecule has 1 saturated heterocycles. The Hall–Kier alpha value is -1.05. The quantitative estimate of drug-likeness (QED) is 0.882. The Morgan fingerprint density at radius 1 is 1.36 bits per heavy atom. The summed E-state index contributed by atoms with van der Waals surface area (Å²) < 4.78 is 37.3. The van der Waals surface area contributed by atoms with Gasteiger partial charge < -0.3 is 10.6 Å². The van der Waals surface area contributed by atoms with Gasteiger partial charge >= 0.3 is 6.18 Å². The number of hydrogen-bond acceptors (Lipinski definition) is 3. The Morgan fingerprint density at radius 3 is 2.55 bits per heavy atom. The summed E-state index contributed by atoms with van der Waals surface area (Å²) in [5.41, 5.74) is 4.78. The first-order chi connectivity index (χ1) is 9.41. The maximum Gasteiger partial charge on any atom is 0.417 e. The second-order valence-corrected chi connectivity index (χ2v) is 4.92. The van der Waals surface area contributed by atoms with Gasteiger partial charge in [0.2, 0.25) is 0 Å². The molecule has 2 rings (SSSR count). The van der Waals surface area contributed by atoms with Gasteiger partial charge in [-0.05, 0) is 37.4 Å². The number of rotatable bonds is 2. The van der Waals surface area contributed by atoms with E-state index in [1.54, 1.807) is 4.90 Å². The van der Waals surface area contributed by atoms with Crippen molar-refractivity contribution in [1.82, 2.24) is 9.88 Å². The molecule has 9 heteroatoms. The minimum absolute atomic E-state index is 0. The molecular weight excluding hydrogens is 342 g/mol. The van der Waals surface area contributed by atoms with Crippen molar-refractivity contribution in [2.45, 2.75) is 19.0 Å². The smallest absolute Gasteiger partial charge is 0.337 e. The van der Waals surface area contributed by atoms with Crippen molar-refractivity contribution in [2.24, 2.45) is 11.7 Å². The lowest BCUT2D eigenvalue weighted by molar-refractivity contribution is -0.137. The van der Waals surface area contributed by atoms with Crippen LogP contribution in [0.25, 0.3) is 0 Å². The van der Waals surface area contributed by atoms with Gasteiger partial charge in [-0.15, -0.1) is 24.8 Å². The molecule has 2 heterocycles. The molecule has 0 spiro atoms. The third kappa shape index (κ3) is 5.00. The normalized spacial score (nSPS) is 18.2. The van der Waals surface area contributed by atoms with Crippen molar-refractivity contribution >= 4 is 30.7 Å². The van der Waals surface area contributed by atoms with E-state index in [0.717, 1.165) is 25.0 Å². The monoisotopic (exact) mass is 359 g/mol. The van der Waals surface area contributed by atoms with Crippen LogP contribution in [0.1, 0.15) is 28.9 Å². The van der Waals surface area contributed by atoms with Crippen LogP contribution in [0.3, 0.4) is 0 Å². The third-order valence-electron chi connectivity index (χ3n) is 3.45. The van der Waals surface area contributed by atoms with E-state index in [1.807, 2.05) is 0 Å². The van der Waals surface area contributed by atoms with Crippen LogP contribution in [0, 0.1) is 5.92 Å². The lowest BCUT2D eigenvalue weighted by Gasteiger charge is -2.31. The number of alkyl halides is 3. The molecule has 2 N–H and O–H groups in total. The maximum absolute atomic E-state index is 12.4. The van der Waals surface area contributed by atoms with Gasteiger partial charge in [0.25, 0.3) is 5.91 Å². The largest absolute Gasteiger partial charge is 0.417 e. The van der Waals surface area contributed by atoms with E-state index in [1.165, 1.54) is 0 Å². The molecule has 126 valence electrons. The van der Waals surface area contributed by atoms with E-state index in [9.17, 15) is 18.0 Å². The fourth-order valence-corrected chi connectivity index (χ4v) is 2.29. The zero-order valence-corrected chi connectivity index (χ0v) is 13.3. The summed E-state index contributed by atoms with van der Waals surface area (Å²) in [6, 6.07) is 2.00. The van der Waals surface area contributed by atoms with Gasteiger partial charge in [0.05, 0.1) is 5.56 Å². The Kier molecular flexibility index (Phi) is 8.14. The highest BCUT2D eigenvalue weighted by molar-refractivity contribution is 5.92. The lowest BCUT2D eigenvalue weighted by atomic mass is 9.98. The van der Waals surface area contributed by atoms with Gasteiger partial charge in [0.15, 0.2) is 0 Å². The number of hydrogen-bond donors (Lipinski definition) is 1. The number of amides is 1. The summed E-state index contributed by atoms with van der Waals surface area (Å²) in [5.74, 6) is -0.0842. The zero-order valence-electron chi connectivity index (χ0n) is 11.7. The minimum atomic E-state index is -4.44. The number of nitrogens with two attached hydrogens (primary N) is 1. The van der Waals surface area contributed by atoms with Gasteiger partial charge in [0, 0.05) is 19.3 Å². The summed E-state index contributed by atoms with van der Waals surface area (Å²) in [7, 11) is 0. The predicted octanol–water partition coefficient (Wildman–Crippen LogP) is 2.75. The zero-order chi connectivity index (χ0) is 14.8. The first-order valence-electron chi connectivity index (χ1n) is 6.44. The van der Waals surface area contributed by atoms with E-state index in [-0.39, 0.29) is 42.3 Å². The number of likely N-dealkylation sites (tertiary alicyclic amines) is 1. The third-order valence-corrected chi connectivity index (χ3v) is 3.45. The summed E-state index contributed by atoms with van der Waals surface area (Å²) >= 11 is 0. The average molecular weight is 360 g/mol. The second-order valence-electron chi connectivity index (χ2n) is 4.92. The summed E-state index contributed by atoms with van der Waals surface area (Å²) in [4.78, 5) is 17.4. The Bertz CT molecular complexity index is 482. The van der Waals surface area contributed by atoms with Crippen LogP contribution in [0.4, 0.5) is 13.2 Å². The van der Waals surface area contributed by atoms with Crippen molar-refractivity contribution < 1.29 is 18.0 Å². The van der Waals surface area contributed by atoms with Crippen LogP contribution in [0.2, 0.25) is 0 Å². The van der Waals surface area contributed by atoms with Crippen molar-refractivity contribution in [2.75, 3.05) is 19.6 Å². The van der Waals surface area contributed by atoms with E-state index >= 15 is 0 Å². The molecule has 1 aromatic rings. The number of pyridine rings is 1. The average Bonchev–Trinajstić information content (AvgIpc) is 2.46. The van der Waals surface area contributed by atoms with Crippen LogP contribution >= 0.6 is 24.8 Å². The van der Waals surface area contributed by atoms with Crippen molar-refractivity contribution in [3.63, 3.8) is 0 Å². The predicted molar refractivity (Wildman–Crippen MR) is 81.4 cm³/mol. The molecule has 22 heavy (non-hydrogen) atoms. The van der Waals surface area contributed by atoms with Crippen molar-refractivity contribution in [3.05, 3.63) is 29.6 Å². The van der Waals surface area contributed by atoms with Crippen LogP contribution in [0.15, 0.2) is 18.3 Å². The number of carbonyl (C=O) groups is 1. The number of nitrogens with zero attached hydrogens (tertiary/aromatic N) is 2. The lowest BCUT2D eigenvalue weighted by Crippen LogP contribution is -2.42. The molecule has 1 amide bonds. The van der Waals surface area contributed by atoms with Crippen LogP contribution in [-0.4, -0.2) is 35.4 Å². The Morgan fingerprint density at radius 2 is 2.05 bits per heavy atom. The summed E-state index contributed by atoms with van der Waals surface area (Å²) in [6.45, 7) is 1.64. The molecule has 1 aliphatic heterocycles. The Balaban J connectivity index is 0.00000220. The van der Waals surface area contributed by atoms with Gasteiger partial charge in [-0.1, -0.05) is 0 Å². The molecule has 0 aliphatic carbocycles. The molecule has 0 aromatic carbocycles. The van der Waals surface area contributed by atoms with E-state index in [4.69, 9.17) is 5.73 Å². The molecule has 1 atom stereocenters. The fraction of sp³-hybridized carbons (Fsp3) is 0.538. The fourth-order valence-electron chi connectivity index (χ4n) is 2.29. The highest BCUT2D eigenvalue weighted by Crippen LogP contribution is 2.28. The maximum atomic E-state index is 12.4. The molecular formula is C13H18Cl2F3N3O. The summed E-state index contributed by atoms with van der Waals surface area (Å²) in [6.07, 6.45) is -1.92. The molecule has 1 aromatic heterocycles. The van der Waals surface area contributed by atoms with Crippen LogP contribution in [-0.2, 0) is 6.18 Å². The molecule has 0 bridgehead atoms. The van der Waals surface area contributed by atoms with Crippen molar-refractivity contribution in [3.8, 4) is 0 Å². The first-order valence-corrected chi connectivity index (χ1v) is 6.44. The van der Waals surface area contributed by atoms with E-state index in [0.29, 0.717) is 25.8 Å². The topological polar surface area (TPSA) is 59.2 Å². The highest BCUT2D eigenvalue weighted by atomic mass is 35.5. The number of aromatic nitrogens is 1. The van der Waals surface area contributed by atoms with Crippen LogP contribution < -0.4 is 5.73 Å². The highest BCUT2D eigenvalue weighted by Gasteiger charge is 2.31. The molecule has 0 saturated carbocycles. The summed E-state index contributed by atoms with van der Waals surface area (Å²) in [5, 5.41) is 0.